The maximum Gasteiger partial charge on any atom is 0.305 e. The highest BCUT2D eigenvalue weighted by Gasteiger charge is 2.33. The summed E-state index contributed by atoms with van der Waals surface area (Å²) in [5.74, 6) is -1.83. The van der Waals surface area contributed by atoms with Crippen LogP contribution in [0.4, 0.5) is 0 Å². The van der Waals surface area contributed by atoms with E-state index in [0.717, 1.165) is 6.42 Å². The van der Waals surface area contributed by atoms with E-state index in [1.54, 1.807) is 0 Å². The lowest BCUT2D eigenvalue weighted by Gasteiger charge is -2.28. The molecule has 2 amide bonds. The Kier molecular flexibility index (Phi) is 3.65. The monoisotopic (exact) mass is 214 g/mol. The van der Waals surface area contributed by atoms with Gasteiger partial charge in [-0.05, 0) is 6.42 Å². The van der Waals surface area contributed by atoms with E-state index >= 15 is 0 Å². The minimum atomic E-state index is -1.11. The molecule has 1 fully saturated rings. The zero-order chi connectivity index (χ0) is 11.4. The van der Waals surface area contributed by atoms with Crippen LogP contribution in [0.2, 0.25) is 0 Å². The molecule has 1 rings (SSSR count). The fourth-order valence-corrected chi connectivity index (χ4v) is 1.49. The summed E-state index contributed by atoms with van der Waals surface area (Å²) in [6.07, 6.45) is 0.968. The van der Waals surface area contributed by atoms with Crippen LogP contribution in [0, 0.1) is 0 Å². The Morgan fingerprint density at radius 3 is 2.33 bits per heavy atom. The van der Waals surface area contributed by atoms with Crippen molar-refractivity contribution in [1.29, 1.82) is 0 Å². The first-order chi connectivity index (χ1) is 7.04. The first kappa shape index (κ1) is 11.5. The molecule has 3 N–H and O–H groups in total. The number of rotatable bonds is 4. The molecule has 0 bridgehead atoms. The van der Waals surface area contributed by atoms with Gasteiger partial charge in [0.2, 0.25) is 11.8 Å². The maximum absolute atomic E-state index is 11.4. The van der Waals surface area contributed by atoms with Crippen LogP contribution in [-0.4, -0.2) is 35.0 Å². The maximum atomic E-state index is 11.4. The third-order valence-electron chi connectivity index (χ3n) is 2.22. The van der Waals surface area contributed by atoms with Gasteiger partial charge in [0.1, 0.15) is 12.1 Å². The average molecular weight is 214 g/mol. The van der Waals surface area contributed by atoms with Crippen LogP contribution in [-0.2, 0) is 14.4 Å². The third kappa shape index (κ3) is 2.93. The molecule has 0 aromatic carbocycles. The Morgan fingerprint density at radius 1 is 1.27 bits per heavy atom. The van der Waals surface area contributed by atoms with Crippen molar-refractivity contribution in [1.82, 2.24) is 10.6 Å². The molecule has 0 aromatic heterocycles. The summed E-state index contributed by atoms with van der Waals surface area (Å²) in [5.41, 5.74) is 0. The van der Waals surface area contributed by atoms with Crippen molar-refractivity contribution < 1.29 is 19.5 Å². The van der Waals surface area contributed by atoms with Crippen molar-refractivity contribution in [3.8, 4) is 0 Å². The van der Waals surface area contributed by atoms with Crippen molar-refractivity contribution in [3.63, 3.8) is 0 Å². The second kappa shape index (κ2) is 4.77. The number of nitrogens with one attached hydrogen (secondary N) is 2. The molecule has 2 atom stereocenters. The van der Waals surface area contributed by atoms with Crippen molar-refractivity contribution >= 4 is 17.8 Å². The number of hydrogen-bond acceptors (Lipinski definition) is 3. The lowest BCUT2D eigenvalue weighted by Crippen LogP contribution is -2.61. The van der Waals surface area contributed by atoms with Gasteiger partial charge in [-0.25, -0.2) is 0 Å². The van der Waals surface area contributed by atoms with Crippen LogP contribution in [0.1, 0.15) is 26.2 Å². The Bertz CT molecular complexity index is 290. The van der Waals surface area contributed by atoms with Crippen molar-refractivity contribution in [3.05, 3.63) is 0 Å². The van der Waals surface area contributed by atoms with Gasteiger partial charge in [0.25, 0.3) is 0 Å². The van der Waals surface area contributed by atoms with Gasteiger partial charge in [-0.1, -0.05) is 13.3 Å². The van der Waals surface area contributed by atoms with Gasteiger partial charge in [-0.3, -0.25) is 14.4 Å². The molecule has 84 valence electrons. The fraction of sp³-hybridized carbons (Fsp3) is 0.667. The van der Waals surface area contributed by atoms with E-state index in [1.807, 2.05) is 6.92 Å². The van der Waals surface area contributed by atoms with Crippen LogP contribution in [0.5, 0.6) is 0 Å². The standard InChI is InChI=1S/C9H14N2O4/c1-2-3-5-8(14)11-6(4-7(12)13)9(15)10-5/h5-6H,2-4H2,1H3,(H,10,15)(H,11,14)(H,12,13). The summed E-state index contributed by atoms with van der Waals surface area (Å²) >= 11 is 0. The second-order valence-corrected chi connectivity index (χ2v) is 3.51. The SMILES string of the molecule is CCCC1NC(=O)C(CC(=O)O)NC1=O. The Labute approximate surface area is 87.0 Å². The van der Waals surface area contributed by atoms with E-state index < -0.39 is 24.0 Å². The van der Waals surface area contributed by atoms with E-state index in [0.29, 0.717) is 6.42 Å². The highest BCUT2D eigenvalue weighted by atomic mass is 16.4. The molecule has 1 saturated heterocycles. The molecule has 1 aliphatic rings. The molecular formula is C9H14N2O4. The Balaban J connectivity index is 2.58. The van der Waals surface area contributed by atoms with E-state index in [4.69, 9.17) is 5.11 Å². The number of piperazine rings is 1. The first-order valence-corrected chi connectivity index (χ1v) is 4.87. The van der Waals surface area contributed by atoms with E-state index in [9.17, 15) is 14.4 Å². The van der Waals surface area contributed by atoms with Crippen LogP contribution in [0.15, 0.2) is 0 Å². The summed E-state index contributed by atoms with van der Waals surface area (Å²) < 4.78 is 0. The van der Waals surface area contributed by atoms with E-state index in [2.05, 4.69) is 10.6 Å². The lowest BCUT2D eigenvalue weighted by molar-refractivity contribution is -0.143. The van der Waals surface area contributed by atoms with Gasteiger partial charge in [0.15, 0.2) is 0 Å². The molecule has 1 aliphatic heterocycles. The molecule has 0 saturated carbocycles. The zero-order valence-corrected chi connectivity index (χ0v) is 8.45. The highest BCUT2D eigenvalue weighted by Crippen LogP contribution is 2.05. The smallest absolute Gasteiger partial charge is 0.305 e. The summed E-state index contributed by atoms with van der Waals surface area (Å²) in [6, 6.07) is -1.46. The van der Waals surface area contributed by atoms with Crippen molar-refractivity contribution in [2.75, 3.05) is 0 Å². The van der Waals surface area contributed by atoms with E-state index in [1.165, 1.54) is 0 Å². The van der Waals surface area contributed by atoms with Gasteiger partial charge in [0, 0.05) is 0 Å². The predicted octanol–water partition coefficient (Wildman–Crippen LogP) is -0.756. The second-order valence-electron chi connectivity index (χ2n) is 3.51. The quantitative estimate of drug-likeness (QED) is 0.573. The summed E-state index contributed by atoms with van der Waals surface area (Å²) in [6.45, 7) is 1.91. The molecule has 2 unspecified atom stereocenters. The minimum absolute atomic E-state index is 0.303. The third-order valence-corrected chi connectivity index (χ3v) is 2.22. The molecule has 0 aliphatic carbocycles. The number of amides is 2. The topological polar surface area (TPSA) is 95.5 Å². The van der Waals surface area contributed by atoms with Crippen LogP contribution >= 0.6 is 0 Å². The lowest BCUT2D eigenvalue weighted by atomic mass is 10.0. The van der Waals surface area contributed by atoms with Gasteiger partial charge in [0.05, 0.1) is 6.42 Å². The predicted molar refractivity (Wildman–Crippen MR) is 51.0 cm³/mol. The number of carbonyl (C=O) groups excluding carboxylic acids is 2. The summed E-state index contributed by atoms with van der Waals surface area (Å²) in [7, 11) is 0. The van der Waals surface area contributed by atoms with Crippen LogP contribution in [0.25, 0.3) is 0 Å². The molecule has 1 heterocycles. The van der Waals surface area contributed by atoms with Gasteiger partial charge in [-0.2, -0.15) is 0 Å². The molecule has 0 radical (unpaired) electrons. The molecule has 6 nitrogen and oxygen atoms in total. The largest absolute Gasteiger partial charge is 0.481 e. The molecule has 15 heavy (non-hydrogen) atoms. The minimum Gasteiger partial charge on any atom is -0.481 e. The summed E-state index contributed by atoms with van der Waals surface area (Å²) in [4.78, 5) is 33.2. The van der Waals surface area contributed by atoms with Gasteiger partial charge < -0.3 is 15.7 Å². The normalized spacial score (nSPS) is 25.7. The fourth-order valence-electron chi connectivity index (χ4n) is 1.49. The molecule has 0 aromatic rings. The number of aliphatic carboxylic acids is 1. The van der Waals surface area contributed by atoms with Gasteiger partial charge in [-0.15, -0.1) is 0 Å². The van der Waals surface area contributed by atoms with Crippen LogP contribution in [0.3, 0.4) is 0 Å². The summed E-state index contributed by atoms with van der Waals surface area (Å²) in [5, 5.41) is 13.4. The first-order valence-electron chi connectivity index (χ1n) is 4.87. The zero-order valence-electron chi connectivity index (χ0n) is 8.45. The molecule has 6 heteroatoms. The van der Waals surface area contributed by atoms with Crippen molar-refractivity contribution in [2.45, 2.75) is 38.3 Å². The van der Waals surface area contributed by atoms with Crippen LogP contribution < -0.4 is 10.6 Å². The average Bonchev–Trinajstić information content (AvgIpc) is 2.13. The Morgan fingerprint density at radius 2 is 1.80 bits per heavy atom. The Hall–Kier alpha value is -1.59. The number of carboxylic acids is 1. The van der Waals surface area contributed by atoms with E-state index in [-0.39, 0.29) is 12.3 Å². The van der Waals surface area contributed by atoms with Crippen molar-refractivity contribution in [2.24, 2.45) is 0 Å². The van der Waals surface area contributed by atoms with Gasteiger partial charge >= 0.3 is 5.97 Å². The molecule has 0 spiro atoms. The number of carbonyl (C=O) groups is 3. The molecular weight excluding hydrogens is 200 g/mol. The number of hydrogen-bond donors (Lipinski definition) is 3. The highest BCUT2D eigenvalue weighted by molar-refractivity contribution is 5.98. The number of carboxylic acid groups (broad SMARTS) is 1.